The minimum Gasteiger partial charge on any atom is -0.480 e. The molecule has 1 aromatic rings. The molecule has 98 valence electrons. The first-order valence-corrected chi connectivity index (χ1v) is 6.21. The van der Waals surface area contributed by atoms with Gasteiger partial charge in [0.2, 0.25) is 5.91 Å². The van der Waals surface area contributed by atoms with Crippen LogP contribution >= 0.6 is 11.3 Å². The summed E-state index contributed by atoms with van der Waals surface area (Å²) in [6.07, 6.45) is -0.0978. The Morgan fingerprint density at radius 1 is 1.44 bits per heavy atom. The van der Waals surface area contributed by atoms with Crippen LogP contribution in [0.15, 0.2) is 10.8 Å². The third kappa shape index (κ3) is 3.85. The number of carbonyl (C=O) groups is 3. The maximum Gasteiger partial charge on any atom is 0.326 e. The third-order valence-corrected chi connectivity index (χ3v) is 3.24. The molecule has 0 spiro atoms. The van der Waals surface area contributed by atoms with Crippen LogP contribution in [0, 0.1) is 6.92 Å². The Morgan fingerprint density at radius 2 is 2.11 bits per heavy atom. The zero-order valence-corrected chi connectivity index (χ0v) is 10.6. The first-order chi connectivity index (χ1) is 8.41. The summed E-state index contributed by atoms with van der Waals surface area (Å²) in [5.41, 5.74) is 6.19. The molecular weight excluding hydrogens is 256 g/mol. The molecule has 0 saturated heterocycles. The molecule has 0 aromatic carbocycles. The third-order valence-electron chi connectivity index (χ3n) is 2.38. The van der Waals surface area contributed by atoms with Gasteiger partial charge in [-0.15, -0.1) is 0 Å². The average Bonchev–Trinajstić information content (AvgIpc) is 2.69. The van der Waals surface area contributed by atoms with Crippen molar-refractivity contribution >= 4 is 29.1 Å². The summed E-state index contributed by atoms with van der Waals surface area (Å²) in [6.45, 7) is 1.77. The van der Waals surface area contributed by atoms with Gasteiger partial charge in [-0.25, -0.2) is 4.79 Å². The Morgan fingerprint density at radius 3 is 2.56 bits per heavy atom. The van der Waals surface area contributed by atoms with Gasteiger partial charge in [-0.3, -0.25) is 9.59 Å². The van der Waals surface area contributed by atoms with Crippen LogP contribution in [0.3, 0.4) is 0 Å². The monoisotopic (exact) mass is 270 g/mol. The number of amides is 2. The lowest BCUT2D eigenvalue weighted by molar-refractivity contribution is -0.139. The number of carboxylic acids is 1. The van der Waals surface area contributed by atoms with Crippen LogP contribution in [0.25, 0.3) is 0 Å². The molecule has 1 atom stereocenters. The van der Waals surface area contributed by atoms with Crippen LogP contribution < -0.4 is 11.1 Å². The fourth-order valence-electron chi connectivity index (χ4n) is 1.37. The largest absolute Gasteiger partial charge is 0.480 e. The van der Waals surface area contributed by atoms with Gasteiger partial charge in [-0.1, -0.05) is 0 Å². The lowest BCUT2D eigenvalue weighted by Crippen LogP contribution is -2.41. The van der Waals surface area contributed by atoms with Crippen molar-refractivity contribution in [3.63, 3.8) is 0 Å². The number of hydrogen-bond donors (Lipinski definition) is 3. The molecule has 7 heteroatoms. The molecule has 0 fully saturated rings. The zero-order valence-electron chi connectivity index (χ0n) is 9.80. The standard InChI is InChI=1S/C11H14N2O4S/c1-6-4-18-5-7(6)10(15)13-8(11(16)17)2-3-9(12)14/h4-5,8H,2-3H2,1H3,(H2,12,14)(H,13,15)(H,16,17)/t8-/m1/s1. The quantitative estimate of drug-likeness (QED) is 0.699. The Labute approximate surface area is 108 Å². The highest BCUT2D eigenvalue weighted by Gasteiger charge is 2.22. The molecule has 0 aliphatic rings. The number of aryl methyl sites for hydroxylation is 1. The van der Waals surface area contributed by atoms with Crippen LogP contribution in [-0.2, 0) is 9.59 Å². The van der Waals surface area contributed by atoms with Gasteiger partial charge in [-0.05, 0) is 24.3 Å². The molecule has 0 saturated carbocycles. The summed E-state index contributed by atoms with van der Waals surface area (Å²) in [5.74, 6) is -2.23. The summed E-state index contributed by atoms with van der Waals surface area (Å²) in [7, 11) is 0. The highest BCUT2D eigenvalue weighted by molar-refractivity contribution is 7.08. The fraction of sp³-hybridized carbons (Fsp3) is 0.364. The number of carbonyl (C=O) groups excluding carboxylic acids is 2. The molecule has 2 amide bonds. The van der Waals surface area contributed by atoms with E-state index in [1.165, 1.54) is 11.3 Å². The van der Waals surface area contributed by atoms with Crippen LogP contribution in [0.1, 0.15) is 28.8 Å². The number of carboxylic acid groups (broad SMARTS) is 1. The highest BCUT2D eigenvalue weighted by Crippen LogP contribution is 2.13. The number of nitrogens with two attached hydrogens (primary N) is 1. The predicted octanol–water partition coefficient (Wildman–Crippen LogP) is 0.505. The zero-order chi connectivity index (χ0) is 13.7. The second-order valence-electron chi connectivity index (χ2n) is 3.84. The minimum atomic E-state index is -1.18. The summed E-state index contributed by atoms with van der Waals surface area (Å²) in [5, 5.41) is 14.8. The van der Waals surface area contributed by atoms with Crippen LogP contribution in [-0.4, -0.2) is 28.9 Å². The van der Waals surface area contributed by atoms with Crippen molar-refractivity contribution in [1.82, 2.24) is 5.32 Å². The second-order valence-corrected chi connectivity index (χ2v) is 4.58. The molecule has 1 heterocycles. The summed E-state index contributed by atoms with van der Waals surface area (Å²) >= 11 is 1.37. The van der Waals surface area contributed by atoms with E-state index >= 15 is 0 Å². The molecule has 0 aliphatic carbocycles. The van der Waals surface area contributed by atoms with Gasteiger partial charge in [0.05, 0.1) is 5.56 Å². The topological polar surface area (TPSA) is 109 Å². The number of nitrogens with one attached hydrogen (secondary N) is 1. The Bertz CT molecular complexity index is 469. The molecule has 0 aliphatic heterocycles. The van der Waals surface area contributed by atoms with Crippen molar-refractivity contribution in [3.05, 3.63) is 21.9 Å². The predicted molar refractivity (Wildman–Crippen MR) is 66.4 cm³/mol. The van der Waals surface area contributed by atoms with E-state index in [1.807, 2.05) is 0 Å². The molecule has 6 nitrogen and oxygen atoms in total. The van der Waals surface area contributed by atoms with E-state index in [1.54, 1.807) is 17.7 Å². The molecular formula is C11H14N2O4S. The van der Waals surface area contributed by atoms with E-state index in [-0.39, 0.29) is 12.8 Å². The summed E-state index contributed by atoms with van der Waals surface area (Å²) in [4.78, 5) is 33.4. The molecule has 0 unspecified atom stereocenters. The van der Waals surface area contributed by atoms with Crippen molar-refractivity contribution in [2.75, 3.05) is 0 Å². The number of aliphatic carboxylic acids is 1. The lowest BCUT2D eigenvalue weighted by Gasteiger charge is -2.13. The Hall–Kier alpha value is -1.89. The maximum absolute atomic E-state index is 11.8. The molecule has 1 rings (SSSR count). The average molecular weight is 270 g/mol. The highest BCUT2D eigenvalue weighted by atomic mass is 32.1. The van der Waals surface area contributed by atoms with E-state index in [9.17, 15) is 14.4 Å². The van der Waals surface area contributed by atoms with E-state index in [0.717, 1.165) is 5.56 Å². The second kappa shape index (κ2) is 6.15. The van der Waals surface area contributed by atoms with Crippen molar-refractivity contribution in [1.29, 1.82) is 0 Å². The number of rotatable bonds is 6. The van der Waals surface area contributed by atoms with Crippen molar-refractivity contribution < 1.29 is 19.5 Å². The molecule has 4 N–H and O–H groups in total. The van der Waals surface area contributed by atoms with E-state index in [4.69, 9.17) is 10.8 Å². The maximum atomic E-state index is 11.8. The van der Waals surface area contributed by atoms with Gasteiger partial charge in [-0.2, -0.15) is 11.3 Å². The molecule has 1 aromatic heterocycles. The van der Waals surface area contributed by atoms with Gasteiger partial charge in [0.25, 0.3) is 5.91 Å². The summed E-state index contributed by atoms with van der Waals surface area (Å²) in [6, 6.07) is -1.11. The molecule has 0 bridgehead atoms. The van der Waals surface area contributed by atoms with E-state index < -0.39 is 23.8 Å². The van der Waals surface area contributed by atoms with E-state index in [0.29, 0.717) is 5.56 Å². The van der Waals surface area contributed by atoms with Gasteiger partial charge in [0.1, 0.15) is 6.04 Å². The lowest BCUT2D eigenvalue weighted by atomic mass is 10.1. The SMILES string of the molecule is Cc1cscc1C(=O)N[C@H](CCC(N)=O)C(=O)O. The van der Waals surface area contributed by atoms with Gasteiger partial charge in [0.15, 0.2) is 0 Å². The Balaban J connectivity index is 2.67. The molecule has 18 heavy (non-hydrogen) atoms. The smallest absolute Gasteiger partial charge is 0.326 e. The number of primary amides is 1. The normalized spacial score (nSPS) is 11.8. The minimum absolute atomic E-state index is 0.0143. The van der Waals surface area contributed by atoms with Crippen LogP contribution in [0.4, 0.5) is 0 Å². The Kier molecular flexibility index (Phi) is 4.85. The number of thiophene rings is 1. The van der Waals surface area contributed by atoms with Gasteiger partial charge in [0, 0.05) is 11.8 Å². The van der Waals surface area contributed by atoms with Crippen molar-refractivity contribution in [3.8, 4) is 0 Å². The number of hydrogen-bond acceptors (Lipinski definition) is 4. The van der Waals surface area contributed by atoms with Gasteiger partial charge >= 0.3 is 5.97 Å². The first kappa shape index (κ1) is 14.2. The van der Waals surface area contributed by atoms with Crippen molar-refractivity contribution in [2.45, 2.75) is 25.8 Å². The molecule has 0 radical (unpaired) electrons. The summed E-state index contributed by atoms with van der Waals surface area (Å²) < 4.78 is 0. The van der Waals surface area contributed by atoms with Crippen molar-refractivity contribution in [2.24, 2.45) is 5.73 Å². The first-order valence-electron chi connectivity index (χ1n) is 5.26. The van der Waals surface area contributed by atoms with E-state index in [2.05, 4.69) is 5.32 Å². The van der Waals surface area contributed by atoms with Crippen LogP contribution in [0.2, 0.25) is 0 Å². The van der Waals surface area contributed by atoms with Gasteiger partial charge < -0.3 is 16.2 Å². The fourth-order valence-corrected chi connectivity index (χ4v) is 2.20. The van der Waals surface area contributed by atoms with Crippen LogP contribution in [0.5, 0.6) is 0 Å².